The number of ether oxygens (including phenoxy) is 1. The molecule has 2 nitrogen and oxygen atoms in total. The first-order valence-electron chi connectivity index (χ1n) is 4.98. The van der Waals surface area contributed by atoms with Crippen LogP contribution in [0.15, 0.2) is 12.4 Å². The van der Waals surface area contributed by atoms with Gasteiger partial charge in [-0.25, -0.2) is 0 Å². The van der Waals surface area contributed by atoms with Crippen molar-refractivity contribution in [3.63, 3.8) is 0 Å². The summed E-state index contributed by atoms with van der Waals surface area (Å²) in [6.45, 7) is 4.35. The van der Waals surface area contributed by atoms with Gasteiger partial charge < -0.3 is 4.74 Å². The zero-order valence-corrected chi connectivity index (χ0v) is 10.6. The fraction of sp³-hybridized carbons (Fsp3) is 0.545. The van der Waals surface area contributed by atoms with E-state index in [2.05, 4.69) is 41.4 Å². The Labute approximate surface area is 98.2 Å². The first-order chi connectivity index (χ1) is 6.68. The van der Waals surface area contributed by atoms with E-state index in [1.807, 2.05) is 12.4 Å². The molecule has 0 bridgehead atoms. The minimum absolute atomic E-state index is 0.461. The summed E-state index contributed by atoms with van der Waals surface area (Å²) < 4.78 is 7.03. The molecule has 0 atom stereocenters. The average molecular weight is 303 g/mol. The van der Waals surface area contributed by atoms with Crippen LogP contribution in [0.1, 0.15) is 38.2 Å². The van der Waals surface area contributed by atoms with E-state index in [-0.39, 0.29) is 0 Å². The smallest absolute Gasteiger partial charge is 0.139 e. The molecule has 76 valence electrons. The number of hydrogen-bond acceptors (Lipinski definition) is 2. The molecule has 0 N–H and O–H groups in total. The third-order valence-corrected chi connectivity index (χ3v) is 3.08. The van der Waals surface area contributed by atoms with Gasteiger partial charge in [-0.15, -0.1) is 0 Å². The Hall–Kier alpha value is -0.320. The minimum Gasteiger partial charge on any atom is -0.489 e. The van der Waals surface area contributed by atoms with Crippen LogP contribution < -0.4 is 4.74 Å². The average Bonchev–Trinajstić information content (AvgIpc) is 2.91. The standard InChI is InChI=1S/C11H14INO/c1-7(2)9-5-13-6-10(12)11(9)14-8-3-4-8/h5-8H,3-4H2,1-2H3. The summed E-state index contributed by atoms with van der Waals surface area (Å²) in [7, 11) is 0. The molecule has 1 aromatic rings. The molecule has 1 fully saturated rings. The van der Waals surface area contributed by atoms with Gasteiger partial charge in [0.05, 0.1) is 9.67 Å². The van der Waals surface area contributed by atoms with E-state index < -0.39 is 0 Å². The molecule has 3 heteroatoms. The SMILES string of the molecule is CC(C)c1cncc(I)c1OC1CC1. The maximum Gasteiger partial charge on any atom is 0.139 e. The minimum atomic E-state index is 0.461. The van der Waals surface area contributed by atoms with Crippen molar-refractivity contribution in [1.29, 1.82) is 0 Å². The summed E-state index contributed by atoms with van der Waals surface area (Å²) >= 11 is 2.29. The van der Waals surface area contributed by atoms with Crippen LogP contribution in [0.4, 0.5) is 0 Å². The van der Waals surface area contributed by atoms with Crippen LogP contribution in [0.3, 0.4) is 0 Å². The van der Waals surface area contributed by atoms with E-state index >= 15 is 0 Å². The van der Waals surface area contributed by atoms with Crippen molar-refractivity contribution >= 4 is 22.6 Å². The fourth-order valence-corrected chi connectivity index (χ4v) is 1.93. The zero-order valence-electron chi connectivity index (χ0n) is 8.46. The summed E-state index contributed by atoms with van der Waals surface area (Å²) in [6, 6.07) is 0. The van der Waals surface area contributed by atoms with E-state index in [9.17, 15) is 0 Å². The molecule has 0 aliphatic heterocycles. The lowest BCUT2D eigenvalue weighted by Crippen LogP contribution is -2.03. The maximum atomic E-state index is 5.90. The van der Waals surface area contributed by atoms with Gasteiger partial charge in [0.1, 0.15) is 5.75 Å². The number of hydrogen-bond donors (Lipinski definition) is 0. The molecule has 0 aromatic carbocycles. The molecule has 0 amide bonds. The van der Waals surface area contributed by atoms with Crippen LogP contribution in [0.2, 0.25) is 0 Å². The Morgan fingerprint density at radius 3 is 2.71 bits per heavy atom. The Morgan fingerprint density at radius 2 is 2.14 bits per heavy atom. The molecule has 0 spiro atoms. The van der Waals surface area contributed by atoms with Gasteiger partial charge in [0.15, 0.2) is 0 Å². The van der Waals surface area contributed by atoms with E-state index in [0.717, 1.165) is 9.32 Å². The third kappa shape index (κ3) is 2.19. The number of halogens is 1. The van der Waals surface area contributed by atoms with Crippen molar-refractivity contribution < 1.29 is 4.74 Å². The Morgan fingerprint density at radius 1 is 1.43 bits per heavy atom. The Bertz CT molecular complexity index is 334. The Balaban J connectivity index is 2.31. The quantitative estimate of drug-likeness (QED) is 0.799. The lowest BCUT2D eigenvalue weighted by molar-refractivity contribution is 0.296. The predicted molar refractivity (Wildman–Crippen MR) is 64.7 cm³/mol. The molecule has 1 aliphatic carbocycles. The molecule has 1 heterocycles. The Kier molecular flexibility index (Phi) is 2.95. The topological polar surface area (TPSA) is 22.1 Å². The van der Waals surface area contributed by atoms with Crippen LogP contribution in [-0.4, -0.2) is 11.1 Å². The van der Waals surface area contributed by atoms with E-state index in [1.165, 1.54) is 18.4 Å². The van der Waals surface area contributed by atoms with Crippen molar-refractivity contribution in [1.82, 2.24) is 4.98 Å². The molecule has 0 radical (unpaired) electrons. The van der Waals surface area contributed by atoms with Crippen LogP contribution in [0.5, 0.6) is 5.75 Å². The number of pyridine rings is 1. The highest BCUT2D eigenvalue weighted by Gasteiger charge is 2.26. The van der Waals surface area contributed by atoms with Crippen molar-refractivity contribution in [2.75, 3.05) is 0 Å². The third-order valence-electron chi connectivity index (χ3n) is 2.31. The second-order valence-electron chi connectivity index (χ2n) is 4.01. The summed E-state index contributed by atoms with van der Waals surface area (Å²) in [5.74, 6) is 1.53. The van der Waals surface area contributed by atoms with Crippen LogP contribution in [0.25, 0.3) is 0 Å². The van der Waals surface area contributed by atoms with E-state index in [1.54, 1.807) is 0 Å². The maximum absolute atomic E-state index is 5.90. The van der Waals surface area contributed by atoms with Crippen LogP contribution in [0, 0.1) is 3.57 Å². The number of rotatable bonds is 3. The zero-order chi connectivity index (χ0) is 10.1. The molecular formula is C11H14INO. The number of aromatic nitrogens is 1. The number of nitrogens with zero attached hydrogens (tertiary/aromatic N) is 1. The summed E-state index contributed by atoms with van der Waals surface area (Å²) in [6.07, 6.45) is 6.66. The molecule has 1 saturated carbocycles. The van der Waals surface area contributed by atoms with Gasteiger partial charge in [-0.05, 0) is 41.4 Å². The second-order valence-corrected chi connectivity index (χ2v) is 5.17. The molecule has 0 unspecified atom stereocenters. The first-order valence-corrected chi connectivity index (χ1v) is 6.06. The van der Waals surface area contributed by atoms with Gasteiger partial charge in [0.2, 0.25) is 0 Å². The largest absolute Gasteiger partial charge is 0.489 e. The molecule has 0 saturated heterocycles. The summed E-state index contributed by atoms with van der Waals surface area (Å²) in [4.78, 5) is 4.21. The molecule has 1 aromatic heterocycles. The second kappa shape index (κ2) is 4.04. The van der Waals surface area contributed by atoms with Gasteiger partial charge in [-0.3, -0.25) is 4.98 Å². The summed E-state index contributed by atoms with van der Waals surface area (Å²) in [5, 5.41) is 0. The van der Waals surface area contributed by atoms with E-state index in [0.29, 0.717) is 12.0 Å². The lowest BCUT2D eigenvalue weighted by atomic mass is 10.1. The van der Waals surface area contributed by atoms with Gasteiger partial charge >= 0.3 is 0 Å². The van der Waals surface area contributed by atoms with Gasteiger partial charge in [0.25, 0.3) is 0 Å². The van der Waals surface area contributed by atoms with Gasteiger partial charge in [-0.2, -0.15) is 0 Å². The molecule has 14 heavy (non-hydrogen) atoms. The highest BCUT2D eigenvalue weighted by molar-refractivity contribution is 14.1. The van der Waals surface area contributed by atoms with Crippen molar-refractivity contribution in [2.45, 2.75) is 38.7 Å². The molecule has 2 rings (SSSR count). The summed E-state index contributed by atoms with van der Waals surface area (Å²) in [5.41, 5.74) is 1.23. The highest BCUT2D eigenvalue weighted by Crippen LogP contribution is 2.35. The van der Waals surface area contributed by atoms with Gasteiger partial charge in [-0.1, -0.05) is 13.8 Å². The molecule has 1 aliphatic rings. The van der Waals surface area contributed by atoms with E-state index in [4.69, 9.17) is 4.74 Å². The first kappa shape index (κ1) is 10.2. The van der Waals surface area contributed by atoms with Gasteiger partial charge in [0, 0.05) is 18.0 Å². The van der Waals surface area contributed by atoms with Crippen LogP contribution in [-0.2, 0) is 0 Å². The van der Waals surface area contributed by atoms with Crippen LogP contribution >= 0.6 is 22.6 Å². The highest BCUT2D eigenvalue weighted by atomic mass is 127. The monoisotopic (exact) mass is 303 g/mol. The normalized spacial score (nSPS) is 16.0. The molecular weight excluding hydrogens is 289 g/mol. The predicted octanol–water partition coefficient (Wildman–Crippen LogP) is 3.35. The van der Waals surface area contributed by atoms with Crippen molar-refractivity contribution in [3.05, 3.63) is 21.5 Å². The fourth-order valence-electron chi connectivity index (χ4n) is 1.33. The van der Waals surface area contributed by atoms with Crippen molar-refractivity contribution in [2.24, 2.45) is 0 Å². The lowest BCUT2D eigenvalue weighted by Gasteiger charge is -2.14. The van der Waals surface area contributed by atoms with Crippen molar-refractivity contribution in [3.8, 4) is 5.75 Å².